The number of hydrogen-bond acceptors (Lipinski definition) is 22. The number of rotatable bonds is 20. The molecule has 0 aromatic carbocycles. The second kappa shape index (κ2) is 25.8. The third-order valence-corrected chi connectivity index (χ3v) is 18.5. The van der Waals surface area contributed by atoms with E-state index in [2.05, 4.69) is 67.7 Å². The van der Waals surface area contributed by atoms with Crippen molar-refractivity contribution in [1.82, 2.24) is 39.7 Å². The minimum Gasteiger partial charge on any atom is -0.487 e. The first-order valence-electron chi connectivity index (χ1n) is 29.6. The number of fused-ring (bicyclic) bond motifs is 2. The van der Waals surface area contributed by atoms with Gasteiger partial charge in [0, 0.05) is 96.2 Å². The third kappa shape index (κ3) is 15.0. The number of pyridine rings is 6. The first-order valence-corrected chi connectivity index (χ1v) is 33.2. The second-order valence-corrected chi connectivity index (χ2v) is 26.6. The Bertz CT molecular complexity index is 3430. The zero-order valence-corrected chi connectivity index (χ0v) is 49.5. The predicted molar refractivity (Wildman–Crippen MR) is 325 cm³/mol. The number of anilines is 7. The highest BCUT2D eigenvalue weighted by molar-refractivity contribution is 7.92. The predicted octanol–water partition coefficient (Wildman–Crippen LogP) is 5.66. The summed E-state index contributed by atoms with van der Waals surface area (Å²) in [4.78, 5) is 39.8. The Labute approximate surface area is 491 Å². The van der Waals surface area contributed by atoms with Crippen molar-refractivity contribution in [3.63, 3.8) is 0 Å². The van der Waals surface area contributed by atoms with Crippen LogP contribution in [0.3, 0.4) is 0 Å². The quantitative estimate of drug-likeness (QED) is 0.0719. The molecule has 4 N–H and O–H groups in total. The third-order valence-electron chi connectivity index (χ3n) is 16.7. The van der Waals surface area contributed by atoms with Crippen LogP contribution in [0.1, 0.15) is 57.8 Å². The molecule has 1 unspecified atom stereocenters. The monoisotopic (exact) mass is 1190 g/mol. The van der Waals surface area contributed by atoms with E-state index >= 15 is 0 Å². The van der Waals surface area contributed by atoms with Gasteiger partial charge in [-0.25, -0.2) is 26.8 Å². The molecule has 0 bridgehead atoms. The molecule has 1 atom stereocenters. The average molecular weight is 1190 g/mol. The molecule has 10 heterocycles. The summed E-state index contributed by atoms with van der Waals surface area (Å²) in [7, 11) is -5.12. The fraction of sp³-hybridized carbons (Fsp3) is 0.552. The van der Waals surface area contributed by atoms with Crippen molar-refractivity contribution in [3.05, 3.63) is 73.3 Å². The van der Waals surface area contributed by atoms with Gasteiger partial charge in [-0.2, -0.15) is 9.97 Å². The van der Waals surface area contributed by atoms with Crippen molar-refractivity contribution in [1.29, 1.82) is 0 Å². The molecule has 84 heavy (non-hydrogen) atoms. The van der Waals surface area contributed by atoms with Gasteiger partial charge in [-0.05, 0) is 101 Å². The molecule has 4 aliphatic heterocycles. The van der Waals surface area contributed by atoms with Gasteiger partial charge in [-0.15, -0.1) is 0 Å². The maximum Gasteiger partial charge on any atom is 0.234 e. The van der Waals surface area contributed by atoms with Crippen molar-refractivity contribution in [2.75, 3.05) is 152 Å². The number of ether oxygens (including phenoxy) is 5. The van der Waals surface area contributed by atoms with Gasteiger partial charge in [-0.3, -0.25) is 24.3 Å². The van der Waals surface area contributed by atoms with Gasteiger partial charge in [0.2, 0.25) is 31.8 Å². The summed E-state index contributed by atoms with van der Waals surface area (Å²) < 4.78 is 87.5. The summed E-state index contributed by atoms with van der Waals surface area (Å²) >= 11 is 0. The van der Waals surface area contributed by atoms with Gasteiger partial charge >= 0.3 is 0 Å². The minimum atomic E-state index is -3.73. The van der Waals surface area contributed by atoms with Crippen LogP contribution in [-0.4, -0.2) is 204 Å². The van der Waals surface area contributed by atoms with E-state index in [-0.39, 0.29) is 36.1 Å². The Balaban J connectivity index is 0.605. The van der Waals surface area contributed by atoms with Crippen LogP contribution < -0.4 is 49.0 Å². The summed E-state index contributed by atoms with van der Waals surface area (Å²) in [5.74, 6) is 4.77. The molecule has 0 spiro atoms. The maximum absolute atomic E-state index is 13.7. The molecule has 6 aromatic rings. The molecule has 2 saturated carbocycles. The number of morpholine rings is 2. The fourth-order valence-corrected chi connectivity index (χ4v) is 13.7. The van der Waals surface area contributed by atoms with E-state index < -0.39 is 20.0 Å². The van der Waals surface area contributed by atoms with Crippen LogP contribution in [0.25, 0.3) is 21.8 Å². The Hall–Kier alpha value is -6.84. The SMILES string of the molecule is CN1CCC(Oc2ccc(NC3CCC(Oc4nc(N5CCOCC5)cc5ncc(NS(=O)(=O)CCN6CCN(c7ccc(NC8CCC(Oc9nc(N%10CCOCC%10)cc%10ncc(NS(C)(=O)=O)cc9%10)CC8)nc7)CC6)cc45)CC3)nc2)C1. The Morgan fingerprint density at radius 1 is 0.548 bits per heavy atom. The minimum absolute atomic E-state index is 0.0686. The molecule has 0 radical (unpaired) electrons. The van der Waals surface area contributed by atoms with Gasteiger partial charge in [0.1, 0.15) is 47.3 Å². The summed E-state index contributed by atoms with van der Waals surface area (Å²) in [5.41, 5.74) is 3.09. The molecule has 26 heteroatoms. The highest BCUT2D eigenvalue weighted by atomic mass is 32.2. The van der Waals surface area contributed by atoms with E-state index in [0.29, 0.717) is 117 Å². The Morgan fingerprint density at radius 2 is 1.08 bits per heavy atom. The van der Waals surface area contributed by atoms with Crippen LogP contribution in [0.4, 0.5) is 40.3 Å². The first kappa shape index (κ1) is 57.6. The Morgan fingerprint density at radius 3 is 1.57 bits per heavy atom. The molecule has 24 nitrogen and oxygen atoms in total. The van der Waals surface area contributed by atoms with Crippen LogP contribution in [0.2, 0.25) is 0 Å². The van der Waals surface area contributed by atoms with Crippen LogP contribution in [0.15, 0.2) is 73.3 Å². The highest BCUT2D eigenvalue weighted by Gasteiger charge is 2.29. The molecule has 6 fully saturated rings. The van der Waals surface area contributed by atoms with Crippen molar-refractivity contribution in [3.8, 4) is 17.5 Å². The largest absolute Gasteiger partial charge is 0.487 e. The average Bonchev–Trinajstić information content (AvgIpc) is 4.06. The number of hydrogen-bond donors (Lipinski definition) is 4. The van der Waals surface area contributed by atoms with Crippen molar-refractivity contribution in [2.45, 2.75) is 88.2 Å². The molecule has 4 saturated heterocycles. The van der Waals surface area contributed by atoms with Gasteiger partial charge in [0.05, 0.1) is 102 Å². The Kier molecular flexibility index (Phi) is 17.7. The summed E-state index contributed by atoms with van der Waals surface area (Å²) in [5, 5.41) is 8.54. The van der Waals surface area contributed by atoms with Crippen LogP contribution in [-0.2, 0) is 29.5 Å². The number of piperazine rings is 1. The molecular formula is C58H77N15O9S2. The lowest BCUT2D eigenvalue weighted by molar-refractivity contribution is 0.122. The van der Waals surface area contributed by atoms with Gasteiger partial charge < -0.3 is 53.9 Å². The second-order valence-electron chi connectivity index (χ2n) is 23.0. The van der Waals surface area contributed by atoms with Crippen LogP contribution >= 0.6 is 0 Å². The van der Waals surface area contributed by atoms with E-state index in [9.17, 15) is 16.8 Å². The van der Waals surface area contributed by atoms with E-state index in [0.717, 1.165) is 125 Å². The summed E-state index contributed by atoms with van der Waals surface area (Å²) in [6, 6.07) is 16.0. The topological polar surface area (TPSA) is 256 Å². The van der Waals surface area contributed by atoms with Crippen LogP contribution in [0, 0.1) is 0 Å². The van der Waals surface area contributed by atoms with E-state index in [1.807, 2.05) is 36.5 Å². The number of nitrogens with one attached hydrogen (secondary N) is 4. The number of nitrogens with zero attached hydrogens (tertiary/aromatic N) is 11. The smallest absolute Gasteiger partial charge is 0.234 e. The molecule has 6 aliphatic rings. The zero-order chi connectivity index (χ0) is 57.6. The number of aromatic nitrogens is 6. The van der Waals surface area contributed by atoms with Gasteiger partial charge in [-0.1, -0.05) is 0 Å². The maximum atomic E-state index is 13.7. The lowest BCUT2D eigenvalue weighted by Gasteiger charge is -2.36. The molecule has 6 aromatic heterocycles. The number of likely N-dealkylation sites (tertiary alicyclic amines) is 1. The van der Waals surface area contributed by atoms with Gasteiger partial charge in [0.15, 0.2) is 0 Å². The number of likely N-dealkylation sites (N-methyl/N-ethyl adjacent to an activating group) is 1. The van der Waals surface area contributed by atoms with Crippen molar-refractivity contribution >= 4 is 82.2 Å². The molecule has 450 valence electrons. The van der Waals surface area contributed by atoms with E-state index in [1.165, 1.54) is 6.20 Å². The molecule has 2 aliphatic carbocycles. The number of sulfonamides is 2. The standard InChI is InChI=1S/C58H77N15O9S2/c1-69-16-15-48(39-69)80-47-12-14-54(62-38-47)64-41-5-10-46(11-6-41)82-58-50-32-43(36-60-52(50)34-56(66-58)73-23-28-79-29-24-73)68-84(76,77)30-25-70-17-19-71(20-18-70)44-7-13-53(61-37-44)63-40-3-8-45(9-4-40)81-57-49-31-42(67-83(2,74)75)35-59-51(49)33-55(65-57)72-21-26-78-27-22-72/h7,12-14,31-38,40-41,45-46,48,67-68H,3-6,8-11,15-30,39H2,1-2H3,(H,61,63)(H,62,64). The lowest BCUT2D eigenvalue weighted by atomic mass is 9.93. The summed E-state index contributed by atoms with van der Waals surface area (Å²) in [6.07, 6.45) is 15.7. The first-order chi connectivity index (χ1) is 40.7. The van der Waals surface area contributed by atoms with Crippen molar-refractivity contribution in [2.24, 2.45) is 0 Å². The fourth-order valence-electron chi connectivity index (χ4n) is 12.0. The van der Waals surface area contributed by atoms with Gasteiger partial charge in [0.25, 0.3) is 0 Å². The zero-order valence-electron chi connectivity index (χ0n) is 47.9. The molecular weight excluding hydrogens is 1110 g/mol. The molecule has 0 amide bonds. The normalized spacial score (nSPS) is 23.1. The van der Waals surface area contributed by atoms with E-state index in [4.69, 9.17) is 43.6 Å². The van der Waals surface area contributed by atoms with Crippen LogP contribution in [0.5, 0.6) is 17.5 Å². The van der Waals surface area contributed by atoms with E-state index in [1.54, 1.807) is 24.5 Å². The molecule has 12 rings (SSSR count). The lowest BCUT2D eigenvalue weighted by Crippen LogP contribution is -2.48. The van der Waals surface area contributed by atoms with Crippen molar-refractivity contribution < 1.29 is 40.5 Å². The highest BCUT2D eigenvalue weighted by Crippen LogP contribution is 2.36. The summed E-state index contributed by atoms with van der Waals surface area (Å²) in [6.45, 7) is 10.5.